The zero-order valence-electron chi connectivity index (χ0n) is 15.9. The Kier molecular flexibility index (Phi) is 7.88. The van der Waals surface area contributed by atoms with Crippen LogP contribution in [0.3, 0.4) is 0 Å². The largest absolute Gasteiger partial charge is 0.345 e. The Morgan fingerprint density at radius 1 is 1.00 bits per heavy atom. The molecule has 28 heavy (non-hydrogen) atoms. The van der Waals surface area contributed by atoms with Gasteiger partial charge < -0.3 is 20.9 Å². The summed E-state index contributed by atoms with van der Waals surface area (Å²) in [5.41, 5.74) is 1.31. The number of hydrogen-bond acceptors (Lipinski definition) is 3. The first-order chi connectivity index (χ1) is 13.3. The molecular weight excluding hydrogens is 366 g/mol. The van der Waals surface area contributed by atoms with Crippen molar-refractivity contribution in [3.8, 4) is 0 Å². The van der Waals surface area contributed by atoms with Crippen LogP contribution in [0, 0.1) is 11.6 Å². The number of amides is 3. The van der Waals surface area contributed by atoms with Crippen LogP contribution < -0.4 is 16.0 Å². The van der Waals surface area contributed by atoms with E-state index in [1.807, 2.05) is 0 Å². The fourth-order valence-electron chi connectivity index (χ4n) is 2.40. The predicted octanol–water partition coefficient (Wildman–Crippen LogP) is 3.22. The van der Waals surface area contributed by atoms with Gasteiger partial charge in [0.2, 0.25) is 5.91 Å². The Balaban J connectivity index is 1.84. The first kappa shape index (κ1) is 21.3. The summed E-state index contributed by atoms with van der Waals surface area (Å²) in [7, 11) is 1.74. The zero-order valence-corrected chi connectivity index (χ0v) is 15.9. The summed E-state index contributed by atoms with van der Waals surface area (Å²) >= 11 is 0. The normalized spacial score (nSPS) is 10.4. The molecule has 2 aromatic carbocycles. The maximum atomic E-state index is 14.0. The van der Waals surface area contributed by atoms with E-state index >= 15 is 0 Å². The molecule has 0 radical (unpaired) electrons. The Morgan fingerprint density at radius 3 is 2.39 bits per heavy atom. The molecule has 0 atom stereocenters. The van der Waals surface area contributed by atoms with Gasteiger partial charge in [-0.15, -0.1) is 0 Å². The summed E-state index contributed by atoms with van der Waals surface area (Å²) in [4.78, 5) is 24.8. The summed E-state index contributed by atoms with van der Waals surface area (Å²) in [6.45, 7) is 3.43. The summed E-state index contributed by atoms with van der Waals surface area (Å²) in [6.07, 6.45) is 0.637. The molecule has 0 fully saturated rings. The molecule has 0 unspecified atom stereocenters. The van der Waals surface area contributed by atoms with E-state index in [-0.39, 0.29) is 11.6 Å². The quantitative estimate of drug-likeness (QED) is 0.606. The lowest BCUT2D eigenvalue weighted by atomic mass is 10.1. The number of nitrogens with zero attached hydrogens (tertiary/aromatic N) is 1. The number of nitrogens with one attached hydrogen (secondary N) is 3. The molecule has 0 spiro atoms. The summed E-state index contributed by atoms with van der Waals surface area (Å²) in [5, 5.41) is 8.19. The van der Waals surface area contributed by atoms with Gasteiger partial charge in [-0.2, -0.15) is 0 Å². The van der Waals surface area contributed by atoms with E-state index in [1.165, 1.54) is 37.3 Å². The van der Waals surface area contributed by atoms with Crippen LogP contribution in [-0.4, -0.2) is 43.5 Å². The summed E-state index contributed by atoms with van der Waals surface area (Å²) in [5.74, 6) is -0.949. The molecular formula is C20H24F2N4O2. The number of likely N-dealkylation sites (N-methyl/N-ethyl adjacent to an activating group) is 1. The third kappa shape index (κ3) is 6.96. The molecule has 0 aliphatic carbocycles. The highest BCUT2D eigenvalue weighted by Crippen LogP contribution is 2.17. The fraction of sp³-hybridized carbons (Fsp3) is 0.300. The average Bonchev–Trinajstić information content (AvgIpc) is 2.65. The SMILES string of the molecule is CC(=O)N(C)CCNCCc1ccc(F)c(NC(=O)Nc2ccc(F)cc2)c1. The van der Waals surface area contributed by atoms with Gasteiger partial charge in [0, 0.05) is 32.7 Å². The Morgan fingerprint density at radius 2 is 1.71 bits per heavy atom. The number of rotatable bonds is 8. The van der Waals surface area contributed by atoms with Crippen LogP contribution in [0.25, 0.3) is 0 Å². The molecule has 3 amide bonds. The first-order valence-corrected chi connectivity index (χ1v) is 8.89. The number of benzene rings is 2. The van der Waals surface area contributed by atoms with Crippen molar-refractivity contribution in [2.45, 2.75) is 13.3 Å². The predicted molar refractivity (Wildman–Crippen MR) is 105 cm³/mol. The van der Waals surface area contributed by atoms with Crippen LogP contribution in [0.4, 0.5) is 25.0 Å². The van der Waals surface area contributed by atoms with E-state index < -0.39 is 17.7 Å². The van der Waals surface area contributed by atoms with E-state index in [9.17, 15) is 18.4 Å². The van der Waals surface area contributed by atoms with Crippen molar-refractivity contribution in [2.24, 2.45) is 0 Å². The second-order valence-electron chi connectivity index (χ2n) is 6.34. The molecule has 0 aliphatic heterocycles. The van der Waals surface area contributed by atoms with Gasteiger partial charge in [0.15, 0.2) is 0 Å². The van der Waals surface area contributed by atoms with Gasteiger partial charge in [0.05, 0.1) is 5.69 Å². The number of carbonyl (C=O) groups excluding carboxylic acids is 2. The van der Waals surface area contributed by atoms with Crippen molar-refractivity contribution >= 4 is 23.3 Å². The van der Waals surface area contributed by atoms with Crippen LogP contribution >= 0.6 is 0 Å². The topological polar surface area (TPSA) is 73.5 Å². The molecule has 0 heterocycles. The van der Waals surface area contributed by atoms with E-state index in [4.69, 9.17) is 0 Å². The lowest BCUT2D eigenvalue weighted by Crippen LogP contribution is -2.33. The van der Waals surface area contributed by atoms with E-state index in [0.717, 1.165) is 5.56 Å². The van der Waals surface area contributed by atoms with Crippen molar-refractivity contribution in [3.05, 3.63) is 59.7 Å². The van der Waals surface area contributed by atoms with Crippen molar-refractivity contribution in [1.29, 1.82) is 0 Å². The summed E-state index contributed by atoms with van der Waals surface area (Å²) < 4.78 is 26.9. The summed E-state index contributed by atoms with van der Waals surface area (Å²) in [6, 6.07) is 9.17. The lowest BCUT2D eigenvalue weighted by molar-refractivity contribution is -0.127. The number of hydrogen-bond donors (Lipinski definition) is 3. The number of anilines is 2. The van der Waals surface area contributed by atoms with Crippen LogP contribution in [-0.2, 0) is 11.2 Å². The standard InChI is InChI=1S/C20H24F2N4O2/c1-14(27)26(2)12-11-23-10-9-15-3-8-18(22)19(13-15)25-20(28)24-17-6-4-16(21)5-7-17/h3-8,13,23H,9-12H2,1-2H3,(H2,24,25,28). The van der Waals surface area contributed by atoms with Crippen molar-refractivity contribution in [2.75, 3.05) is 37.3 Å². The number of urea groups is 1. The first-order valence-electron chi connectivity index (χ1n) is 8.89. The Bertz CT molecular complexity index is 812. The van der Waals surface area contributed by atoms with Gasteiger partial charge in [-0.25, -0.2) is 13.6 Å². The van der Waals surface area contributed by atoms with Gasteiger partial charge in [-0.05, 0) is 54.9 Å². The molecule has 3 N–H and O–H groups in total. The van der Waals surface area contributed by atoms with Crippen LogP contribution in [0.5, 0.6) is 0 Å². The van der Waals surface area contributed by atoms with E-state index in [1.54, 1.807) is 24.1 Å². The Labute approximate surface area is 162 Å². The van der Waals surface area contributed by atoms with Crippen molar-refractivity contribution in [3.63, 3.8) is 0 Å². The van der Waals surface area contributed by atoms with Crippen LogP contribution in [0.15, 0.2) is 42.5 Å². The molecule has 2 rings (SSSR count). The molecule has 0 saturated heterocycles. The molecule has 0 bridgehead atoms. The maximum absolute atomic E-state index is 14.0. The highest BCUT2D eigenvalue weighted by molar-refractivity contribution is 5.99. The van der Waals surface area contributed by atoms with Crippen LogP contribution in [0.1, 0.15) is 12.5 Å². The second-order valence-corrected chi connectivity index (χ2v) is 6.34. The van der Waals surface area contributed by atoms with Crippen molar-refractivity contribution in [1.82, 2.24) is 10.2 Å². The smallest absolute Gasteiger partial charge is 0.323 e. The molecule has 8 heteroatoms. The fourth-order valence-corrected chi connectivity index (χ4v) is 2.40. The lowest BCUT2D eigenvalue weighted by Gasteiger charge is -2.15. The minimum absolute atomic E-state index is 0.00923. The van der Waals surface area contributed by atoms with E-state index in [0.29, 0.717) is 31.7 Å². The van der Waals surface area contributed by atoms with Gasteiger partial charge in [0.25, 0.3) is 0 Å². The maximum Gasteiger partial charge on any atom is 0.323 e. The Hall–Kier alpha value is -3.00. The number of halogens is 2. The number of carbonyl (C=O) groups is 2. The molecule has 2 aromatic rings. The van der Waals surface area contributed by atoms with E-state index in [2.05, 4.69) is 16.0 Å². The molecule has 0 aliphatic rings. The second kappa shape index (κ2) is 10.4. The van der Waals surface area contributed by atoms with Gasteiger partial charge in [-0.3, -0.25) is 4.79 Å². The monoisotopic (exact) mass is 390 g/mol. The molecule has 6 nitrogen and oxygen atoms in total. The van der Waals surface area contributed by atoms with Gasteiger partial charge in [0.1, 0.15) is 11.6 Å². The van der Waals surface area contributed by atoms with Crippen LogP contribution in [0.2, 0.25) is 0 Å². The third-order valence-electron chi connectivity index (χ3n) is 4.13. The highest BCUT2D eigenvalue weighted by atomic mass is 19.1. The van der Waals surface area contributed by atoms with Gasteiger partial charge >= 0.3 is 6.03 Å². The van der Waals surface area contributed by atoms with Crippen molar-refractivity contribution < 1.29 is 18.4 Å². The average molecular weight is 390 g/mol. The molecule has 0 saturated carbocycles. The minimum atomic E-state index is -0.618. The third-order valence-corrected chi connectivity index (χ3v) is 4.13. The molecule has 0 aromatic heterocycles. The minimum Gasteiger partial charge on any atom is -0.345 e. The highest BCUT2D eigenvalue weighted by Gasteiger charge is 2.09. The van der Waals surface area contributed by atoms with Gasteiger partial charge in [-0.1, -0.05) is 6.07 Å². The molecule has 150 valence electrons. The zero-order chi connectivity index (χ0) is 20.5.